The van der Waals surface area contributed by atoms with E-state index in [0.29, 0.717) is 11.8 Å². The molecule has 0 aliphatic heterocycles. The molecule has 22 heavy (non-hydrogen) atoms. The third-order valence-electron chi connectivity index (χ3n) is 3.94. The van der Waals surface area contributed by atoms with Gasteiger partial charge in [0, 0.05) is 11.2 Å². The number of hydrogen-bond donors (Lipinski definition) is 1. The summed E-state index contributed by atoms with van der Waals surface area (Å²) in [5.41, 5.74) is 1.90. The molecule has 0 aliphatic rings. The molecular weight excluding hydrogens is 406 g/mol. The highest BCUT2D eigenvalue weighted by molar-refractivity contribution is 9.09. The minimum Gasteiger partial charge on any atom is -0.384 e. The lowest BCUT2D eigenvalue weighted by Gasteiger charge is -2.35. The molecule has 1 aromatic carbocycles. The standard InChI is InChI=1S/C17H24BrCl3O/c1-10(2)13-6-14(11(3)4)8-15(7-13)16(22,12(5)18)9-17(19,20)21/h6-8,10-12,22H,9H2,1-5H3. The smallest absolute Gasteiger partial charge is 0.193 e. The van der Waals surface area contributed by atoms with E-state index < -0.39 is 9.39 Å². The molecule has 0 amide bonds. The Balaban J connectivity index is 3.47. The summed E-state index contributed by atoms with van der Waals surface area (Å²) in [7, 11) is 0. The van der Waals surface area contributed by atoms with Crippen molar-refractivity contribution in [3.05, 3.63) is 34.9 Å². The highest BCUT2D eigenvalue weighted by atomic mass is 79.9. The quantitative estimate of drug-likeness (QED) is 0.518. The number of rotatable bonds is 5. The molecule has 0 radical (unpaired) electrons. The average Bonchev–Trinajstić information content (AvgIpc) is 2.35. The van der Waals surface area contributed by atoms with Crippen LogP contribution in [0.4, 0.5) is 0 Å². The van der Waals surface area contributed by atoms with Crippen molar-refractivity contribution in [2.45, 2.75) is 67.1 Å². The molecule has 2 unspecified atom stereocenters. The zero-order valence-corrected chi connectivity index (χ0v) is 17.5. The third-order valence-corrected chi connectivity index (χ3v) is 5.10. The molecule has 0 saturated heterocycles. The van der Waals surface area contributed by atoms with E-state index in [0.717, 1.165) is 5.56 Å². The lowest BCUT2D eigenvalue weighted by Crippen LogP contribution is -2.38. The lowest BCUT2D eigenvalue weighted by molar-refractivity contribution is 0.0322. The second kappa shape index (κ2) is 7.61. The first-order valence-electron chi connectivity index (χ1n) is 7.45. The molecule has 2 atom stereocenters. The molecule has 1 N–H and O–H groups in total. The summed E-state index contributed by atoms with van der Waals surface area (Å²) in [6.07, 6.45) is 0.0240. The summed E-state index contributed by atoms with van der Waals surface area (Å²) in [6.45, 7) is 10.4. The fraction of sp³-hybridized carbons (Fsp3) is 0.647. The van der Waals surface area contributed by atoms with Gasteiger partial charge in [-0.2, -0.15) is 0 Å². The number of hydrogen-bond acceptors (Lipinski definition) is 1. The van der Waals surface area contributed by atoms with Crippen LogP contribution in [-0.4, -0.2) is 13.7 Å². The van der Waals surface area contributed by atoms with Gasteiger partial charge in [-0.15, -0.1) is 0 Å². The number of aliphatic hydroxyl groups is 1. The van der Waals surface area contributed by atoms with Crippen LogP contribution in [0.25, 0.3) is 0 Å². The van der Waals surface area contributed by atoms with Gasteiger partial charge in [0.1, 0.15) is 5.60 Å². The summed E-state index contributed by atoms with van der Waals surface area (Å²) in [4.78, 5) is -0.252. The topological polar surface area (TPSA) is 20.2 Å². The first kappa shape index (κ1) is 20.6. The van der Waals surface area contributed by atoms with Crippen LogP contribution in [0.15, 0.2) is 18.2 Å². The van der Waals surface area contributed by atoms with E-state index >= 15 is 0 Å². The Bertz CT molecular complexity index is 483. The summed E-state index contributed by atoms with van der Waals surface area (Å²) >= 11 is 21.4. The molecule has 0 spiro atoms. The van der Waals surface area contributed by atoms with Crippen LogP contribution >= 0.6 is 50.7 Å². The lowest BCUT2D eigenvalue weighted by atomic mass is 9.83. The Morgan fingerprint density at radius 1 is 0.955 bits per heavy atom. The minimum absolute atomic E-state index is 0.0240. The monoisotopic (exact) mass is 428 g/mol. The summed E-state index contributed by atoms with van der Waals surface area (Å²) < 4.78 is -1.53. The van der Waals surface area contributed by atoms with Crippen LogP contribution in [0.2, 0.25) is 0 Å². The van der Waals surface area contributed by atoms with E-state index in [1.807, 2.05) is 19.1 Å². The van der Waals surface area contributed by atoms with E-state index in [4.69, 9.17) is 34.8 Å². The van der Waals surface area contributed by atoms with Crippen LogP contribution in [0, 0.1) is 0 Å². The molecule has 1 rings (SSSR count). The molecule has 126 valence electrons. The Morgan fingerprint density at radius 3 is 1.64 bits per heavy atom. The summed E-state index contributed by atoms with van der Waals surface area (Å²) in [6, 6.07) is 6.23. The Kier molecular flexibility index (Phi) is 7.12. The average molecular weight is 431 g/mol. The highest BCUT2D eigenvalue weighted by Gasteiger charge is 2.42. The van der Waals surface area contributed by atoms with Crippen molar-refractivity contribution in [1.29, 1.82) is 0 Å². The molecule has 0 fully saturated rings. The maximum absolute atomic E-state index is 11.2. The van der Waals surface area contributed by atoms with Crippen molar-refractivity contribution in [1.82, 2.24) is 0 Å². The predicted molar refractivity (Wildman–Crippen MR) is 102 cm³/mol. The molecule has 0 heterocycles. The van der Waals surface area contributed by atoms with Crippen molar-refractivity contribution >= 4 is 50.7 Å². The fourth-order valence-corrected chi connectivity index (χ4v) is 3.41. The second-order valence-electron chi connectivity index (χ2n) is 6.53. The van der Waals surface area contributed by atoms with Crippen LogP contribution in [-0.2, 0) is 5.60 Å². The van der Waals surface area contributed by atoms with E-state index in [1.165, 1.54) is 11.1 Å². The van der Waals surface area contributed by atoms with Crippen LogP contribution < -0.4 is 0 Å². The first-order chi connectivity index (χ1) is 9.86. The van der Waals surface area contributed by atoms with Crippen molar-refractivity contribution in [3.8, 4) is 0 Å². The van der Waals surface area contributed by atoms with Crippen LogP contribution in [0.3, 0.4) is 0 Å². The fourth-order valence-electron chi connectivity index (χ4n) is 2.37. The largest absolute Gasteiger partial charge is 0.384 e. The Hall–Kier alpha value is 0.530. The van der Waals surface area contributed by atoms with Crippen molar-refractivity contribution in [3.63, 3.8) is 0 Å². The van der Waals surface area contributed by atoms with E-state index in [2.05, 4.69) is 49.7 Å². The molecular formula is C17H24BrCl3O. The Morgan fingerprint density at radius 2 is 1.36 bits per heavy atom. The van der Waals surface area contributed by atoms with Crippen LogP contribution in [0.1, 0.15) is 69.6 Å². The molecule has 1 nitrogen and oxygen atoms in total. The van der Waals surface area contributed by atoms with Gasteiger partial charge in [0.05, 0.1) is 0 Å². The molecule has 0 saturated carbocycles. The predicted octanol–water partition coefficient (Wildman–Crippen LogP) is 6.66. The van der Waals surface area contributed by atoms with Gasteiger partial charge in [-0.05, 0) is 35.4 Å². The first-order valence-corrected chi connectivity index (χ1v) is 9.50. The van der Waals surface area contributed by atoms with E-state index in [-0.39, 0.29) is 11.2 Å². The number of alkyl halides is 4. The van der Waals surface area contributed by atoms with Gasteiger partial charge < -0.3 is 5.11 Å². The van der Waals surface area contributed by atoms with Gasteiger partial charge in [-0.25, -0.2) is 0 Å². The van der Waals surface area contributed by atoms with Crippen molar-refractivity contribution in [2.24, 2.45) is 0 Å². The van der Waals surface area contributed by atoms with Gasteiger partial charge in [0.2, 0.25) is 0 Å². The van der Waals surface area contributed by atoms with Gasteiger partial charge in [0.15, 0.2) is 3.79 Å². The van der Waals surface area contributed by atoms with Crippen molar-refractivity contribution in [2.75, 3.05) is 0 Å². The highest BCUT2D eigenvalue weighted by Crippen LogP contribution is 2.44. The molecule has 0 bridgehead atoms. The molecule has 0 aromatic heterocycles. The van der Waals surface area contributed by atoms with Crippen molar-refractivity contribution < 1.29 is 5.11 Å². The van der Waals surface area contributed by atoms with E-state index in [1.54, 1.807) is 0 Å². The third kappa shape index (κ3) is 5.27. The van der Waals surface area contributed by atoms with E-state index in [9.17, 15) is 5.11 Å². The molecule has 1 aromatic rings. The van der Waals surface area contributed by atoms with Gasteiger partial charge in [-0.1, -0.05) is 96.6 Å². The maximum atomic E-state index is 11.2. The Labute approximate surface area is 157 Å². The minimum atomic E-state index is -1.53. The SMILES string of the molecule is CC(C)c1cc(C(C)C)cc(C(O)(CC(Cl)(Cl)Cl)C(C)Br)c1. The zero-order valence-electron chi connectivity index (χ0n) is 13.6. The molecule has 0 aliphatic carbocycles. The van der Waals surface area contributed by atoms with Gasteiger partial charge >= 0.3 is 0 Å². The zero-order chi connectivity index (χ0) is 17.3. The summed E-state index contributed by atoms with van der Waals surface area (Å²) in [5.74, 6) is 0.722. The van der Waals surface area contributed by atoms with Crippen LogP contribution in [0.5, 0.6) is 0 Å². The maximum Gasteiger partial charge on any atom is 0.193 e. The number of benzene rings is 1. The van der Waals surface area contributed by atoms with Gasteiger partial charge in [0.25, 0.3) is 0 Å². The summed E-state index contributed by atoms with van der Waals surface area (Å²) in [5, 5.41) is 11.2. The molecule has 5 heteroatoms. The number of halogens is 4. The van der Waals surface area contributed by atoms with Gasteiger partial charge in [-0.3, -0.25) is 0 Å². The second-order valence-corrected chi connectivity index (χ2v) is 10.4. The normalized spacial score (nSPS) is 16.9.